The Morgan fingerprint density at radius 1 is 1.14 bits per heavy atom. The zero-order valence-corrected chi connectivity index (χ0v) is 16.7. The normalized spacial score (nSPS) is 14.3. The summed E-state index contributed by atoms with van der Waals surface area (Å²) in [4.78, 5) is 37.4. The third-order valence-electron chi connectivity index (χ3n) is 4.97. The van der Waals surface area contributed by atoms with E-state index in [-0.39, 0.29) is 18.1 Å². The van der Waals surface area contributed by atoms with Gasteiger partial charge < -0.3 is 19.1 Å². The Bertz CT molecular complexity index is 1090. The largest absolute Gasteiger partial charge is 0.484 e. The van der Waals surface area contributed by atoms with Gasteiger partial charge in [0.1, 0.15) is 5.75 Å². The number of nitrogens with zero attached hydrogens (tertiary/aromatic N) is 5. The van der Waals surface area contributed by atoms with Gasteiger partial charge in [-0.3, -0.25) is 14.6 Å². The number of carbonyl (C=O) groups is 1. The number of piperazine rings is 1. The van der Waals surface area contributed by atoms with Crippen LogP contribution >= 0.6 is 11.6 Å². The van der Waals surface area contributed by atoms with E-state index >= 15 is 0 Å². The number of pyridine rings is 1. The van der Waals surface area contributed by atoms with Crippen molar-refractivity contribution in [3.63, 3.8) is 0 Å². The number of benzene rings is 1. The summed E-state index contributed by atoms with van der Waals surface area (Å²) in [5.41, 5.74) is 1.23. The van der Waals surface area contributed by atoms with E-state index in [0.29, 0.717) is 53.8 Å². The van der Waals surface area contributed by atoms with Crippen molar-refractivity contribution in [1.82, 2.24) is 19.4 Å². The third-order valence-corrected chi connectivity index (χ3v) is 5.22. The van der Waals surface area contributed by atoms with Gasteiger partial charge in [-0.2, -0.15) is 0 Å². The van der Waals surface area contributed by atoms with Crippen LogP contribution in [0.1, 0.15) is 0 Å². The Balaban J connectivity index is 1.40. The summed E-state index contributed by atoms with van der Waals surface area (Å²) in [6, 6.07) is 8.67. The Labute approximate surface area is 172 Å². The quantitative estimate of drug-likeness (QED) is 0.647. The summed E-state index contributed by atoms with van der Waals surface area (Å²) in [7, 11) is 1.71. The topological polar surface area (TPSA) is 80.6 Å². The van der Waals surface area contributed by atoms with Gasteiger partial charge in [0, 0.05) is 44.4 Å². The van der Waals surface area contributed by atoms with Crippen molar-refractivity contribution >= 4 is 34.4 Å². The minimum atomic E-state index is -0.170. The van der Waals surface area contributed by atoms with Gasteiger partial charge >= 0.3 is 0 Å². The van der Waals surface area contributed by atoms with E-state index in [1.54, 1.807) is 59.2 Å². The van der Waals surface area contributed by atoms with Crippen molar-refractivity contribution in [2.45, 2.75) is 0 Å². The van der Waals surface area contributed by atoms with E-state index in [1.807, 2.05) is 4.90 Å². The minimum absolute atomic E-state index is 0.0371. The lowest BCUT2D eigenvalue weighted by Crippen LogP contribution is -2.51. The maximum absolute atomic E-state index is 12.7. The van der Waals surface area contributed by atoms with Crippen LogP contribution in [-0.4, -0.2) is 58.1 Å². The molecule has 0 aliphatic carbocycles. The molecule has 0 bridgehead atoms. The van der Waals surface area contributed by atoms with Crippen LogP contribution in [0.4, 0.5) is 5.82 Å². The zero-order valence-electron chi connectivity index (χ0n) is 15.9. The molecule has 4 rings (SSSR count). The number of hydrogen-bond donors (Lipinski definition) is 0. The maximum Gasteiger partial charge on any atom is 0.293 e. The second kappa shape index (κ2) is 8.08. The van der Waals surface area contributed by atoms with Gasteiger partial charge in [0.25, 0.3) is 11.5 Å². The molecule has 1 aliphatic rings. The molecule has 8 nitrogen and oxygen atoms in total. The average molecular weight is 414 g/mol. The fourth-order valence-corrected chi connectivity index (χ4v) is 3.42. The number of aryl methyl sites for hydroxylation is 1. The summed E-state index contributed by atoms with van der Waals surface area (Å²) in [6.45, 7) is 2.03. The molecule has 1 amide bonds. The van der Waals surface area contributed by atoms with Crippen LogP contribution in [0, 0.1) is 0 Å². The number of fused-ring (bicyclic) bond motifs is 1. The molecule has 0 radical (unpaired) electrons. The van der Waals surface area contributed by atoms with E-state index in [2.05, 4.69) is 9.97 Å². The monoisotopic (exact) mass is 413 g/mol. The second-order valence-electron chi connectivity index (χ2n) is 6.77. The van der Waals surface area contributed by atoms with Crippen LogP contribution in [0.25, 0.3) is 11.0 Å². The lowest BCUT2D eigenvalue weighted by Gasteiger charge is -2.35. The van der Waals surface area contributed by atoms with Crippen LogP contribution in [-0.2, 0) is 11.8 Å². The molecule has 0 saturated carbocycles. The number of carbonyl (C=O) groups excluding carboxylic acids is 1. The average Bonchev–Trinajstić information content (AvgIpc) is 2.76. The highest BCUT2D eigenvalue weighted by atomic mass is 35.5. The molecule has 0 atom stereocenters. The maximum atomic E-state index is 12.7. The molecule has 0 spiro atoms. The van der Waals surface area contributed by atoms with Gasteiger partial charge in [0.15, 0.2) is 12.4 Å². The first-order valence-corrected chi connectivity index (χ1v) is 9.62. The number of amides is 1. The van der Waals surface area contributed by atoms with Crippen LogP contribution in [0.3, 0.4) is 0 Å². The standard InChI is InChI=1S/C20H20ClN5O3/c1-24-17-12-22-7-6-16(17)23-19(20(24)28)26-10-8-25(9-11-26)18(27)13-29-15-4-2-14(21)3-5-15/h2-7,12H,8-11,13H2,1H3. The van der Waals surface area contributed by atoms with Crippen molar-refractivity contribution < 1.29 is 9.53 Å². The molecule has 3 aromatic rings. The van der Waals surface area contributed by atoms with Crippen LogP contribution < -0.4 is 15.2 Å². The molecule has 1 fully saturated rings. The molecule has 0 N–H and O–H groups in total. The Morgan fingerprint density at radius 2 is 1.86 bits per heavy atom. The van der Waals surface area contributed by atoms with Gasteiger partial charge in [0.2, 0.25) is 0 Å². The molecule has 1 saturated heterocycles. The third kappa shape index (κ3) is 4.02. The molecule has 2 aromatic heterocycles. The number of ether oxygens (including phenoxy) is 1. The fraction of sp³-hybridized carbons (Fsp3) is 0.300. The molecular formula is C20H20ClN5O3. The first-order valence-electron chi connectivity index (χ1n) is 9.25. The molecule has 29 heavy (non-hydrogen) atoms. The zero-order chi connectivity index (χ0) is 20.4. The minimum Gasteiger partial charge on any atom is -0.484 e. The summed E-state index contributed by atoms with van der Waals surface area (Å²) >= 11 is 5.85. The Morgan fingerprint density at radius 3 is 2.59 bits per heavy atom. The smallest absolute Gasteiger partial charge is 0.293 e. The summed E-state index contributed by atoms with van der Waals surface area (Å²) in [6.07, 6.45) is 3.28. The van der Waals surface area contributed by atoms with Crippen LogP contribution in [0.2, 0.25) is 5.02 Å². The van der Waals surface area contributed by atoms with Crippen LogP contribution in [0.5, 0.6) is 5.75 Å². The molecule has 0 unspecified atom stereocenters. The van der Waals surface area contributed by atoms with Gasteiger partial charge in [-0.05, 0) is 30.3 Å². The Hall–Kier alpha value is -3.13. The predicted octanol–water partition coefficient (Wildman–Crippen LogP) is 1.71. The van der Waals surface area contributed by atoms with E-state index in [9.17, 15) is 9.59 Å². The first-order chi connectivity index (χ1) is 14.0. The Kier molecular flexibility index (Phi) is 5.35. The SMILES string of the molecule is Cn1c(=O)c(N2CCN(C(=O)COc3ccc(Cl)cc3)CC2)nc2ccncc21. The molecule has 3 heterocycles. The number of rotatable bonds is 4. The summed E-state index contributed by atoms with van der Waals surface area (Å²) in [5.74, 6) is 0.903. The van der Waals surface area contributed by atoms with E-state index in [1.165, 1.54) is 0 Å². The highest BCUT2D eigenvalue weighted by Crippen LogP contribution is 2.17. The van der Waals surface area contributed by atoms with E-state index in [4.69, 9.17) is 16.3 Å². The molecule has 9 heteroatoms. The van der Waals surface area contributed by atoms with Crippen molar-refractivity contribution in [3.05, 3.63) is 58.1 Å². The van der Waals surface area contributed by atoms with Crippen molar-refractivity contribution in [2.75, 3.05) is 37.7 Å². The molecule has 150 valence electrons. The first kappa shape index (κ1) is 19.2. The summed E-state index contributed by atoms with van der Waals surface area (Å²) < 4.78 is 7.09. The number of anilines is 1. The van der Waals surface area contributed by atoms with Gasteiger partial charge in [-0.1, -0.05) is 11.6 Å². The fourth-order valence-electron chi connectivity index (χ4n) is 3.29. The van der Waals surface area contributed by atoms with E-state index < -0.39 is 0 Å². The van der Waals surface area contributed by atoms with Crippen molar-refractivity contribution in [3.8, 4) is 5.75 Å². The predicted molar refractivity (Wildman–Crippen MR) is 111 cm³/mol. The van der Waals surface area contributed by atoms with Crippen molar-refractivity contribution in [2.24, 2.45) is 7.05 Å². The molecule has 1 aromatic carbocycles. The number of halogens is 1. The molecule has 1 aliphatic heterocycles. The highest BCUT2D eigenvalue weighted by molar-refractivity contribution is 6.30. The lowest BCUT2D eigenvalue weighted by atomic mass is 10.3. The van der Waals surface area contributed by atoms with Gasteiger partial charge in [0.05, 0.1) is 17.2 Å². The molecular weight excluding hydrogens is 394 g/mol. The van der Waals surface area contributed by atoms with Gasteiger partial charge in [-0.15, -0.1) is 0 Å². The lowest BCUT2D eigenvalue weighted by molar-refractivity contribution is -0.133. The number of hydrogen-bond acceptors (Lipinski definition) is 6. The summed E-state index contributed by atoms with van der Waals surface area (Å²) in [5, 5.41) is 0.615. The second-order valence-corrected chi connectivity index (χ2v) is 7.21. The van der Waals surface area contributed by atoms with Crippen LogP contribution in [0.15, 0.2) is 47.5 Å². The van der Waals surface area contributed by atoms with E-state index in [0.717, 1.165) is 0 Å². The van der Waals surface area contributed by atoms with Gasteiger partial charge in [-0.25, -0.2) is 4.98 Å². The number of aromatic nitrogens is 3. The van der Waals surface area contributed by atoms with Crippen molar-refractivity contribution in [1.29, 1.82) is 0 Å². The highest BCUT2D eigenvalue weighted by Gasteiger charge is 2.24.